The average molecular weight is 549 g/mol. The predicted octanol–water partition coefficient (Wildman–Crippen LogP) is 2.17. The van der Waals surface area contributed by atoms with Crippen LogP contribution in [0.4, 0.5) is 5.69 Å². The third kappa shape index (κ3) is 6.88. The van der Waals surface area contributed by atoms with E-state index in [0.29, 0.717) is 81.1 Å². The standard InChI is InChI=1S/C30H40N6O4/c1-3-24(37)21-32-15-18-34-26(20-22-10-5-4-6-11-22)33-28-27(34)29(38)36(16-9-19-40-2)30(39)35(28)17-14-23-12-7-8-13-25(23)31/h4-8,10-13,24,32,37H,3,9,14-21,31H2,1-2H3. The van der Waals surface area contributed by atoms with Crippen LogP contribution in [0.2, 0.25) is 0 Å². The molecule has 4 aromatic rings. The van der Waals surface area contributed by atoms with Crippen molar-refractivity contribution in [3.63, 3.8) is 0 Å². The molecule has 0 saturated carbocycles. The van der Waals surface area contributed by atoms with Crippen LogP contribution in [0.15, 0.2) is 64.2 Å². The molecule has 0 radical (unpaired) electrons. The van der Waals surface area contributed by atoms with Crippen LogP contribution in [0.3, 0.4) is 0 Å². The van der Waals surface area contributed by atoms with Gasteiger partial charge in [-0.2, -0.15) is 0 Å². The van der Waals surface area contributed by atoms with Crippen molar-refractivity contribution in [3.8, 4) is 0 Å². The minimum absolute atomic E-state index is 0.245. The smallest absolute Gasteiger partial charge is 0.332 e. The van der Waals surface area contributed by atoms with Crippen molar-refractivity contribution in [2.75, 3.05) is 32.5 Å². The summed E-state index contributed by atoms with van der Waals surface area (Å²) in [6, 6.07) is 17.5. The van der Waals surface area contributed by atoms with Crippen molar-refractivity contribution in [1.82, 2.24) is 24.0 Å². The monoisotopic (exact) mass is 548 g/mol. The number of methoxy groups -OCH3 is 1. The Balaban J connectivity index is 1.82. The maximum absolute atomic E-state index is 13.9. The highest BCUT2D eigenvalue weighted by Gasteiger charge is 2.22. The van der Waals surface area contributed by atoms with Gasteiger partial charge in [0.15, 0.2) is 11.2 Å². The van der Waals surface area contributed by atoms with Gasteiger partial charge in [-0.25, -0.2) is 9.78 Å². The van der Waals surface area contributed by atoms with Gasteiger partial charge in [0.2, 0.25) is 0 Å². The fourth-order valence-electron chi connectivity index (χ4n) is 4.85. The second-order valence-corrected chi connectivity index (χ2v) is 9.97. The first kappa shape index (κ1) is 29.3. The molecular weight excluding hydrogens is 508 g/mol. The lowest BCUT2D eigenvalue weighted by atomic mass is 10.1. The zero-order valence-electron chi connectivity index (χ0n) is 23.4. The molecule has 0 bridgehead atoms. The fourth-order valence-corrected chi connectivity index (χ4v) is 4.85. The van der Waals surface area contributed by atoms with E-state index in [-0.39, 0.29) is 17.8 Å². The molecule has 2 aromatic carbocycles. The van der Waals surface area contributed by atoms with E-state index in [2.05, 4.69) is 5.32 Å². The first-order valence-electron chi connectivity index (χ1n) is 13.9. The Morgan fingerprint density at radius 3 is 2.48 bits per heavy atom. The van der Waals surface area contributed by atoms with Gasteiger partial charge in [-0.05, 0) is 36.5 Å². The van der Waals surface area contributed by atoms with Crippen LogP contribution in [0, 0.1) is 0 Å². The van der Waals surface area contributed by atoms with Crippen LogP contribution in [0.25, 0.3) is 11.2 Å². The number of imidazole rings is 1. The molecule has 10 heteroatoms. The number of rotatable bonds is 15. The lowest BCUT2D eigenvalue weighted by Gasteiger charge is -2.14. The summed E-state index contributed by atoms with van der Waals surface area (Å²) in [5.41, 5.74) is 8.88. The number of anilines is 1. The quantitative estimate of drug-likeness (QED) is 0.153. The molecule has 0 amide bonds. The summed E-state index contributed by atoms with van der Waals surface area (Å²) in [5, 5.41) is 13.2. The molecule has 0 aliphatic carbocycles. The van der Waals surface area contributed by atoms with Crippen LogP contribution < -0.4 is 22.3 Å². The van der Waals surface area contributed by atoms with Crippen molar-refractivity contribution in [2.45, 2.75) is 58.3 Å². The maximum Gasteiger partial charge on any atom is 0.332 e. The molecule has 4 rings (SSSR count). The Morgan fingerprint density at radius 1 is 1.00 bits per heavy atom. The summed E-state index contributed by atoms with van der Waals surface area (Å²) in [7, 11) is 1.60. The molecule has 2 heterocycles. The summed E-state index contributed by atoms with van der Waals surface area (Å²) < 4.78 is 10.0. The van der Waals surface area contributed by atoms with Crippen LogP contribution in [-0.2, 0) is 37.2 Å². The van der Waals surface area contributed by atoms with Crippen molar-refractivity contribution in [1.29, 1.82) is 0 Å². The van der Waals surface area contributed by atoms with Crippen LogP contribution in [0.5, 0.6) is 0 Å². The minimum Gasteiger partial charge on any atom is -0.399 e. The lowest BCUT2D eigenvalue weighted by Crippen LogP contribution is -2.41. The van der Waals surface area contributed by atoms with Crippen molar-refractivity contribution >= 4 is 16.9 Å². The lowest BCUT2D eigenvalue weighted by molar-refractivity contribution is 0.167. The molecule has 0 fully saturated rings. The third-order valence-electron chi connectivity index (χ3n) is 7.15. The van der Waals surface area contributed by atoms with E-state index in [9.17, 15) is 14.7 Å². The Morgan fingerprint density at radius 2 is 1.75 bits per heavy atom. The van der Waals surface area contributed by atoms with Gasteiger partial charge in [0.05, 0.1) is 6.10 Å². The van der Waals surface area contributed by atoms with Crippen LogP contribution in [0.1, 0.15) is 36.7 Å². The molecule has 10 nitrogen and oxygen atoms in total. The fraction of sp³-hybridized carbons (Fsp3) is 0.433. The highest BCUT2D eigenvalue weighted by atomic mass is 16.5. The molecule has 40 heavy (non-hydrogen) atoms. The number of nitrogens with two attached hydrogens (primary N) is 1. The zero-order chi connectivity index (χ0) is 28.5. The molecule has 0 aliphatic heterocycles. The van der Waals surface area contributed by atoms with E-state index >= 15 is 0 Å². The summed E-state index contributed by atoms with van der Waals surface area (Å²) in [6.45, 7) is 4.40. The SMILES string of the molecule is CCC(O)CNCCn1c(Cc2ccccc2)nc2c1c(=O)n(CCCOC)c(=O)n2CCc1ccccc1N. The Labute approximate surface area is 234 Å². The van der Waals surface area contributed by atoms with E-state index in [1.807, 2.05) is 66.1 Å². The number of aromatic nitrogens is 4. The van der Waals surface area contributed by atoms with Crippen LogP contribution >= 0.6 is 0 Å². The zero-order valence-corrected chi connectivity index (χ0v) is 23.4. The predicted molar refractivity (Wildman–Crippen MR) is 158 cm³/mol. The number of nitrogens with zero attached hydrogens (tertiary/aromatic N) is 4. The van der Waals surface area contributed by atoms with Gasteiger partial charge in [0.25, 0.3) is 5.56 Å². The van der Waals surface area contributed by atoms with Gasteiger partial charge >= 0.3 is 5.69 Å². The number of nitrogens with one attached hydrogen (secondary N) is 1. The van der Waals surface area contributed by atoms with E-state index in [1.165, 1.54) is 4.57 Å². The van der Waals surface area contributed by atoms with Crippen LogP contribution in [-0.4, -0.2) is 56.7 Å². The summed E-state index contributed by atoms with van der Waals surface area (Å²) in [5.74, 6) is 0.707. The van der Waals surface area contributed by atoms with Crippen molar-refractivity contribution in [2.24, 2.45) is 0 Å². The number of hydrogen-bond acceptors (Lipinski definition) is 7. The number of aryl methyl sites for hydroxylation is 2. The van der Waals surface area contributed by atoms with Gasteiger partial charge in [0.1, 0.15) is 5.82 Å². The number of hydrogen-bond donors (Lipinski definition) is 3. The Hall–Kier alpha value is -3.73. The number of para-hydroxylation sites is 1. The van der Waals surface area contributed by atoms with Crippen molar-refractivity contribution in [3.05, 3.63) is 92.4 Å². The second-order valence-electron chi connectivity index (χ2n) is 9.97. The molecule has 0 spiro atoms. The number of aliphatic hydroxyl groups is 1. The average Bonchev–Trinajstić information content (AvgIpc) is 3.31. The second kappa shape index (κ2) is 14.1. The molecule has 214 valence electrons. The molecule has 1 unspecified atom stereocenters. The molecule has 1 atom stereocenters. The van der Waals surface area contributed by atoms with E-state index in [1.54, 1.807) is 11.7 Å². The molecule has 0 aliphatic rings. The minimum atomic E-state index is -0.433. The first-order chi connectivity index (χ1) is 19.4. The summed E-state index contributed by atoms with van der Waals surface area (Å²) in [6.07, 6.45) is 1.79. The highest BCUT2D eigenvalue weighted by Crippen LogP contribution is 2.17. The number of benzene rings is 2. The Bertz CT molecular complexity index is 1510. The normalized spacial score (nSPS) is 12.3. The number of nitrogen functional groups attached to an aromatic ring is 1. The number of aliphatic hydroxyl groups excluding tert-OH is 1. The van der Waals surface area contributed by atoms with E-state index in [0.717, 1.165) is 11.1 Å². The largest absolute Gasteiger partial charge is 0.399 e. The summed E-state index contributed by atoms with van der Waals surface area (Å²) in [4.78, 5) is 32.5. The number of ether oxygens (including phenoxy) is 1. The van der Waals surface area contributed by atoms with Gasteiger partial charge in [0, 0.05) is 58.5 Å². The summed E-state index contributed by atoms with van der Waals surface area (Å²) >= 11 is 0. The van der Waals surface area contributed by atoms with Gasteiger partial charge in [-0.1, -0.05) is 55.5 Å². The third-order valence-corrected chi connectivity index (χ3v) is 7.15. The molecule has 2 aromatic heterocycles. The molecule has 0 saturated heterocycles. The maximum atomic E-state index is 13.9. The Kier molecular flexibility index (Phi) is 10.3. The highest BCUT2D eigenvalue weighted by molar-refractivity contribution is 5.71. The van der Waals surface area contributed by atoms with E-state index in [4.69, 9.17) is 15.5 Å². The molecule has 4 N–H and O–H groups in total. The topological polar surface area (TPSA) is 129 Å². The first-order valence-corrected chi connectivity index (χ1v) is 13.9. The van der Waals surface area contributed by atoms with Crippen molar-refractivity contribution < 1.29 is 9.84 Å². The van der Waals surface area contributed by atoms with Gasteiger partial charge in [-0.15, -0.1) is 0 Å². The van der Waals surface area contributed by atoms with Gasteiger partial charge < -0.3 is 25.5 Å². The molecular formula is C30H40N6O4. The van der Waals surface area contributed by atoms with E-state index < -0.39 is 6.10 Å². The number of fused-ring (bicyclic) bond motifs is 1. The van der Waals surface area contributed by atoms with Gasteiger partial charge in [-0.3, -0.25) is 13.9 Å².